The van der Waals surface area contributed by atoms with E-state index in [1.54, 1.807) is 0 Å². The zero-order chi connectivity index (χ0) is 32.8. The maximum atomic E-state index is 14.7. The van der Waals surface area contributed by atoms with Gasteiger partial charge in [-0.25, -0.2) is 13.2 Å². The third-order valence-corrected chi connectivity index (χ3v) is 7.69. The molecule has 0 radical (unpaired) electrons. The van der Waals surface area contributed by atoms with E-state index < -0.39 is 65.0 Å². The molecule has 0 atom stereocenters. The van der Waals surface area contributed by atoms with Gasteiger partial charge in [-0.15, -0.1) is 0 Å². The minimum Gasteiger partial charge on any atom is -0.453 e. The highest BCUT2D eigenvalue weighted by Crippen LogP contribution is 2.40. The first-order chi connectivity index (χ1) is 21.3. The first kappa shape index (κ1) is 34.1. The number of rotatable bonds is 13. The molecule has 0 aliphatic heterocycles. The molecule has 0 amide bonds. The topological polar surface area (TPSA) is 27.7 Å². The molecule has 0 heterocycles. The molecule has 4 rings (SSSR count). The number of benzene rings is 3. The van der Waals surface area contributed by atoms with Gasteiger partial charge >= 0.3 is 18.3 Å². The Morgan fingerprint density at radius 2 is 1.42 bits per heavy atom. The van der Waals surface area contributed by atoms with E-state index in [2.05, 4.69) is 45.4 Å². The lowest BCUT2D eigenvalue weighted by Gasteiger charge is -2.30. The van der Waals surface area contributed by atoms with Gasteiger partial charge in [0.15, 0.2) is 23.6 Å². The molecule has 12 heteroatoms. The van der Waals surface area contributed by atoms with Crippen LogP contribution in [0.25, 0.3) is 0 Å². The normalized spacial score (nSPS) is 17.1. The Hall–Kier alpha value is -3.83. The lowest BCUT2D eigenvalue weighted by molar-refractivity contribution is -0.188. The molecule has 0 bridgehead atoms. The quantitative estimate of drug-likeness (QED) is 0.137. The maximum Gasteiger partial charge on any atom is 0.429 e. The molecule has 1 fully saturated rings. The van der Waals surface area contributed by atoms with Crippen molar-refractivity contribution in [3.63, 3.8) is 0 Å². The molecule has 1 saturated carbocycles. The lowest BCUT2D eigenvalue weighted by atomic mass is 9.77. The van der Waals surface area contributed by atoms with Crippen LogP contribution in [0.15, 0.2) is 66.9 Å². The molecule has 244 valence electrons. The second-order valence-electron chi connectivity index (χ2n) is 11.0. The summed E-state index contributed by atoms with van der Waals surface area (Å²) < 4.78 is 138. The number of hydrogen-bond donors (Lipinski definition) is 0. The van der Waals surface area contributed by atoms with Gasteiger partial charge in [-0.3, -0.25) is 0 Å². The summed E-state index contributed by atoms with van der Waals surface area (Å²) in [6, 6.07) is 10.4. The molecule has 3 nitrogen and oxygen atoms in total. The summed E-state index contributed by atoms with van der Waals surface area (Å²) in [4.78, 5) is 0. The molecule has 0 aromatic heterocycles. The number of ether oxygens (including phenoxy) is 3. The van der Waals surface area contributed by atoms with Crippen LogP contribution in [0.3, 0.4) is 0 Å². The first-order valence-electron chi connectivity index (χ1n) is 14.5. The van der Waals surface area contributed by atoms with Crippen LogP contribution in [-0.4, -0.2) is 6.11 Å². The number of alkyl halides is 4. The van der Waals surface area contributed by atoms with Crippen molar-refractivity contribution in [2.45, 2.75) is 76.4 Å². The average Bonchev–Trinajstić information content (AvgIpc) is 2.96. The van der Waals surface area contributed by atoms with Gasteiger partial charge in [0, 0.05) is 18.2 Å². The monoisotopic (exact) mass is 646 g/mol. The van der Waals surface area contributed by atoms with Crippen molar-refractivity contribution < 1.29 is 53.7 Å². The van der Waals surface area contributed by atoms with Crippen molar-refractivity contribution in [2.24, 2.45) is 5.92 Å². The van der Waals surface area contributed by atoms with E-state index in [-0.39, 0.29) is 30.7 Å². The summed E-state index contributed by atoms with van der Waals surface area (Å²) in [5, 5.41) is 0. The second-order valence-corrected chi connectivity index (χ2v) is 11.0. The van der Waals surface area contributed by atoms with E-state index in [9.17, 15) is 39.5 Å². The Morgan fingerprint density at radius 3 is 2.00 bits per heavy atom. The van der Waals surface area contributed by atoms with E-state index in [0.29, 0.717) is 24.1 Å². The molecule has 3 aromatic carbocycles. The van der Waals surface area contributed by atoms with E-state index in [1.165, 1.54) is 11.1 Å². The fourth-order valence-electron chi connectivity index (χ4n) is 5.44. The SMILES string of the molecule is CCCc1ccc(C2CCC(CCC(F)(F)Oc3ccc(C(F)(F)Oc4cc(F)c(OC=C(F)F)c(F)c4)c(F)c3)CC2)cc1. The first-order valence-corrected chi connectivity index (χ1v) is 14.5. The Morgan fingerprint density at radius 1 is 0.800 bits per heavy atom. The largest absolute Gasteiger partial charge is 0.453 e. The molecule has 0 unspecified atom stereocenters. The minimum absolute atomic E-state index is 0.0571. The van der Waals surface area contributed by atoms with Crippen LogP contribution in [0.5, 0.6) is 17.2 Å². The molecule has 1 aliphatic rings. The molecule has 0 spiro atoms. The zero-order valence-electron chi connectivity index (χ0n) is 24.2. The molecular weight excluding hydrogens is 615 g/mol. The van der Waals surface area contributed by atoms with Gasteiger partial charge in [0.05, 0.1) is 6.42 Å². The standard InChI is InChI=1S/C33H31F9O3/c1-2-3-20-4-8-22(9-5-20)23-10-6-21(7-11-23)14-15-32(39,40)44-24-12-13-26(27(34)16-24)33(41,42)45-25-17-28(35)31(29(36)18-25)43-19-30(37)38/h4-5,8-9,12-13,16-19,21,23H,2-3,6-7,10-11,14-15H2,1H3. The fourth-order valence-corrected chi connectivity index (χ4v) is 5.44. The Labute approximate surface area is 254 Å². The van der Waals surface area contributed by atoms with Crippen LogP contribution in [0.4, 0.5) is 39.5 Å². The van der Waals surface area contributed by atoms with Gasteiger partial charge in [-0.1, -0.05) is 37.6 Å². The molecular formula is C33H31F9O3. The van der Waals surface area contributed by atoms with Gasteiger partial charge < -0.3 is 14.2 Å². The molecule has 3 aromatic rings. The van der Waals surface area contributed by atoms with Crippen LogP contribution in [0.2, 0.25) is 0 Å². The summed E-state index contributed by atoms with van der Waals surface area (Å²) in [5.74, 6) is -7.71. The van der Waals surface area contributed by atoms with Gasteiger partial charge in [0.2, 0.25) is 0 Å². The second kappa shape index (κ2) is 14.5. The van der Waals surface area contributed by atoms with Gasteiger partial charge in [0.25, 0.3) is 0 Å². The van der Waals surface area contributed by atoms with E-state index >= 15 is 0 Å². The van der Waals surface area contributed by atoms with Gasteiger partial charge in [-0.05, 0) is 73.6 Å². The number of aryl methyl sites for hydroxylation is 1. The highest BCUT2D eigenvalue weighted by molar-refractivity contribution is 5.37. The number of hydrogen-bond acceptors (Lipinski definition) is 3. The summed E-state index contributed by atoms with van der Waals surface area (Å²) in [6.45, 7) is 2.12. The molecule has 45 heavy (non-hydrogen) atoms. The Bertz CT molecular complexity index is 1440. The summed E-state index contributed by atoms with van der Waals surface area (Å²) in [5.41, 5.74) is 1.10. The lowest BCUT2D eigenvalue weighted by Crippen LogP contribution is -2.27. The highest BCUT2D eigenvalue weighted by Gasteiger charge is 2.39. The van der Waals surface area contributed by atoms with E-state index in [4.69, 9.17) is 0 Å². The summed E-state index contributed by atoms with van der Waals surface area (Å²) in [6.07, 6.45) is -6.00. The van der Waals surface area contributed by atoms with Crippen LogP contribution in [0.1, 0.15) is 74.5 Å². The van der Waals surface area contributed by atoms with Crippen molar-refractivity contribution in [1.29, 1.82) is 0 Å². The van der Waals surface area contributed by atoms with Crippen molar-refractivity contribution in [3.05, 3.63) is 101 Å². The van der Waals surface area contributed by atoms with Crippen molar-refractivity contribution >= 4 is 0 Å². The smallest absolute Gasteiger partial charge is 0.429 e. The van der Waals surface area contributed by atoms with Gasteiger partial charge in [0.1, 0.15) is 22.9 Å². The zero-order valence-corrected chi connectivity index (χ0v) is 24.2. The number of halogens is 9. The predicted octanol–water partition coefficient (Wildman–Crippen LogP) is 11.0. The van der Waals surface area contributed by atoms with Crippen molar-refractivity contribution in [3.8, 4) is 17.2 Å². The van der Waals surface area contributed by atoms with Crippen LogP contribution in [-0.2, 0) is 12.5 Å². The molecule has 0 N–H and O–H groups in total. The molecule has 0 saturated heterocycles. The Balaban J connectivity index is 1.31. The maximum absolute atomic E-state index is 14.7. The highest BCUT2D eigenvalue weighted by atomic mass is 19.3. The summed E-state index contributed by atoms with van der Waals surface area (Å²) >= 11 is 0. The van der Waals surface area contributed by atoms with E-state index in [1.807, 2.05) is 0 Å². The third-order valence-electron chi connectivity index (χ3n) is 7.69. The predicted molar refractivity (Wildman–Crippen MR) is 148 cm³/mol. The van der Waals surface area contributed by atoms with Gasteiger partial charge in [-0.2, -0.15) is 26.3 Å². The van der Waals surface area contributed by atoms with Crippen LogP contribution >= 0.6 is 0 Å². The average molecular weight is 647 g/mol. The van der Waals surface area contributed by atoms with Crippen molar-refractivity contribution in [2.75, 3.05) is 0 Å². The third kappa shape index (κ3) is 9.34. The van der Waals surface area contributed by atoms with Crippen LogP contribution in [0, 0.1) is 23.4 Å². The molecule has 1 aliphatic carbocycles. The van der Waals surface area contributed by atoms with E-state index in [0.717, 1.165) is 38.5 Å². The fraction of sp³-hybridized carbons (Fsp3) is 0.394. The summed E-state index contributed by atoms with van der Waals surface area (Å²) in [7, 11) is 0. The minimum atomic E-state index is -4.52. The van der Waals surface area contributed by atoms with Crippen molar-refractivity contribution in [1.82, 2.24) is 0 Å². The van der Waals surface area contributed by atoms with Crippen LogP contribution < -0.4 is 14.2 Å². The Kier molecular flexibility index (Phi) is 11.0.